The molecule has 38 heavy (non-hydrogen) atoms. The summed E-state index contributed by atoms with van der Waals surface area (Å²) < 4.78 is 8.44. The monoisotopic (exact) mass is 511 g/mol. The van der Waals surface area contributed by atoms with Crippen molar-refractivity contribution in [3.05, 3.63) is 71.4 Å². The molecular formula is C27H29N9O2. The van der Waals surface area contributed by atoms with Crippen LogP contribution < -0.4 is 21.5 Å². The molecule has 3 N–H and O–H groups in total. The summed E-state index contributed by atoms with van der Waals surface area (Å²) in [6, 6.07) is 10.3. The summed E-state index contributed by atoms with van der Waals surface area (Å²) in [5, 5.41) is 14.8. The van der Waals surface area contributed by atoms with Crippen LogP contribution in [0.2, 0.25) is 0 Å². The van der Waals surface area contributed by atoms with Crippen LogP contribution in [0.5, 0.6) is 0 Å². The fourth-order valence-corrected chi connectivity index (χ4v) is 4.92. The molecule has 6 rings (SSSR count). The Bertz CT molecular complexity index is 1620. The van der Waals surface area contributed by atoms with Crippen molar-refractivity contribution in [2.24, 2.45) is 0 Å². The Hall–Kier alpha value is -4.51. The highest BCUT2D eigenvalue weighted by atomic mass is 16.5. The lowest BCUT2D eigenvalue weighted by Gasteiger charge is -2.24. The fraction of sp³-hybridized carbons (Fsp3) is 0.296. The Morgan fingerprint density at radius 2 is 2.00 bits per heavy atom. The van der Waals surface area contributed by atoms with Gasteiger partial charge in [-0.2, -0.15) is 4.98 Å². The second-order valence-electron chi connectivity index (χ2n) is 9.40. The largest absolute Gasteiger partial charge is 0.381 e. The molecule has 194 valence electrons. The number of benzene rings is 1. The summed E-state index contributed by atoms with van der Waals surface area (Å²) in [7, 11) is 0. The van der Waals surface area contributed by atoms with E-state index < -0.39 is 0 Å². The van der Waals surface area contributed by atoms with E-state index in [1.807, 2.05) is 48.7 Å². The van der Waals surface area contributed by atoms with E-state index >= 15 is 0 Å². The van der Waals surface area contributed by atoms with Gasteiger partial charge in [-0.05, 0) is 63.6 Å². The first-order valence-electron chi connectivity index (χ1n) is 12.8. The topological polar surface area (TPSA) is 128 Å². The molecule has 11 nitrogen and oxygen atoms in total. The maximum absolute atomic E-state index is 13.5. The summed E-state index contributed by atoms with van der Waals surface area (Å²) in [6.45, 7) is 6.37. The lowest BCUT2D eigenvalue weighted by atomic mass is 10.1. The molecule has 11 heteroatoms. The van der Waals surface area contributed by atoms with Crippen molar-refractivity contribution >= 4 is 28.4 Å². The van der Waals surface area contributed by atoms with E-state index in [1.165, 1.54) is 19.1 Å². The predicted molar refractivity (Wildman–Crippen MR) is 146 cm³/mol. The number of rotatable bonds is 7. The van der Waals surface area contributed by atoms with Crippen molar-refractivity contribution in [3.63, 3.8) is 0 Å². The smallest absolute Gasteiger partial charge is 0.261 e. The second kappa shape index (κ2) is 10.1. The van der Waals surface area contributed by atoms with Gasteiger partial charge in [-0.15, -0.1) is 0 Å². The van der Waals surface area contributed by atoms with Gasteiger partial charge >= 0.3 is 0 Å². The molecule has 0 saturated carbocycles. The standard InChI is InChI=1S/C27H29N9O2/c1-3-35-25-18(11-23(26(35)37)24-17(2)36(16-30-24)22-14-31-38-15-22)12-29-27(34-25)33-20-8-6-19(7-9-20)32-21-5-4-10-28-13-21/h6-9,11-12,14-16,21,28,32H,3-5,10,13H2,1-2H3,(H,29,33,34). The molecule has 0 amide bonds. The van der Waals surface area contributed by atoms with Gasteiger partial charge in [-0.3, -0.25) is 13.9 Å². The van der Waals surface area contributed by atoms with Gasteiger partial charge < -0.3 is 20.5 Å². The number of imidazole rings is 1. The minimum absolute atomic E-state index is 0.157. The van der Waals surface area contributed by atoms with Crippen LogP contribution >= 0.6 is 0 Å². The normalized spacial score (nSPS) is 15.6. The lowest BCUT2D eigenvalue weighted by Crippen LogP contribution is -2.38. The molecule has 1 aliphatic heterocycles. The first-order valence-corrected chi connectivity index (χ1v) is 12.8. The molecule has 4 aromatic heterocycles. The van der Waals surface area contributed by atoms with Crippen molar-refractivity contribution in [2.75, 3.05) is 23.7 Å². The minimum Gasteiger partial charge on any atom is -0.381 e. The van der Waals surface area contributed by atoms with Crippen molar-refractivity contribution in [1.29, 1.82) is 0 Å². The molecule has 1 aliphatic rings. The summed E-state index contributed by atoms with van der Waals surface area (Å²) in [6.07, 6.45) is 8.88. The van der Waals surface area contributed by atoms with Gasteiger partial charge in [0.25, 0.3) is 5.56 Å². The lowest BCUT2D eigenvalue weighted by molar-refractivity contribution is 0.419. The van der Waals surface area contributed by atoms with E-state index in [1.54, 1.807) is 23.3 Å². The summed E-state index contributed by atoms with van der Waals surface area (Å²) in [5.41, 5.74) is 5.00. The summed E-state index contributed by atoms with van der Waals surface area (Å²) in [4.78, 5) is 27.3. The van der Waals surface area contributed by atoms with Gasteiger partial charge in [0.1, 0.15) is 23.9 Å². The predicted octanol–water partition coefficient (Wildman–Crippen LogP) is 3.87. The molecule has 1 saturated heterocycles. The zero-order valence-electron chi connectivity index (χ0n) is 21.3. The first-order chi connectivity index (χ1) is 18.6. The van der Waals surface area contributed by atoms with Crippen LogP contribution in [0.4, 0.5) is 17.3 Å². The van der Waals surface area contributed by atoms with E-state index in [2.05, 4.69) is 31.1 Å². The second-order valence-corrected chi connectivity index (χ2v) is 9.40. The highest BCUT2D eigenvalue weighted by molar-refractivity contribution is 5.81. The van der Waals surface area contributed by atoms with Gasteiger partial charge in [0.15, 0.2) is 0 Å². The SMILES string of the molecule is CCn1c(=O)c(-c2ncn(-c3cnoc3)c2C)cc2cnc(Nc3ccc(NC4CCCNC4)cc3)nc21. The third-order valence-electron chi connectivity index (χ3n) is 6.91. The van der Waals surface area contributed by atoms with Crippen molar-refractivity contribution in [3.8, 4) is 16.9 Å². The number of anilines is 3. The molecule has 1 atom stereocenters. The Labute approximate surface area is 218 Å². The average molecular weight is 512 g/mol. The van der Waals surface area contributed by atoms with Crippen LogP contribution in [0.25, 0.3) is 28.0 Å². The molecule has 1 fully saturated rings. The van der Waals surface area contributed by atoms with Gasteiger partial charge in [0.05, 0.1) is 17.5 Å². The summed E-state index contributed by atoms with van der Waals surface area (Å²) in [5.74, 6) is 0.428. The molecule has 0 radical (unpaired) electrons. The summed E-state index contributed by atoms with van der Waals surface area (Å²) >= 11 is 0. The number of aromatic nitrogens is 6. The van der Waals surface area contributed by atoms with E-state index in [9.17, 15) is 4.79 Å². The highest BCUT2D eigenvalue weighted by Gasteiger charge is 2.18. The van der Waals surface area contributed by atoms with E-state index in [-0.39, 0.29) is 5.56 Å². The number of piperidine rings is 1. The van der Waals surface area contributed by atoms with Gasteiger partial charge in [0, 0.05) is 47.8 Å². The number of hydrogen-bond donors (Lipinski definition) is 3. The Kier molecular flexibility index (Phi) is 6.34. The highest BCUT2D eigenvalue weighted by Crippen LogP contribution is 2.25. The Morgan fingerprint density at radius 3 is 2.74 bits per heavy atom. The van der Waals surface area contributed by atoms with E-state index in [0.29, 0.717) is 35.4 Å². The van der Waals surface area contributed by atoms with Crippen LogP contribution in [0.15, 0.2) is 64.6 Å². The zero-order valence-corrected chi connectivity index (χ0v) is 21.3. The minimum atomic E-state index is -0.157. The van der Waals surface area contributed by atoms with Crippen molar-refractivity contribution < 1.29 is 4.52 Å². The number of nitrogens with zero attached hydrogens (tertiary/aromatic N) is 6. The molecule has 0 aliphatic carbocycles. The van der Waals surface area contributed by atoms with Crippen molar-refractivity contribution in [2.45, 2.75) is 39.3 Å². The van der Waals surface area contributed by atoms with Crippen LogP contribution in [0.3, 0.4) is 0 Å². The van der Waals surface area contributed by atoms with Gasteiger partial charge in [-0.1, -0.05) is 5.16 Å². The number of pyridine rings is 1. The maximum atomic E-state index is 13.5. The first kappa shape index (κ1) is 23.9. The molecule has 1 aromatic carbocycles. The Balaban J connectivity index is 1.28. The van der Waals surface area contributed by atoms with E-state index in [4.69, 9.17) is 9.51 Å². The van der Waals surface area contributed by atoms with Crippen LogP contribution in [0, 0.1) is 6.92 Å². The van der Waals surface area contributed by atoms with Gasteiger partial charge in [-0.25, -0.2) is 9.97 Å². The third-order valence-corrected chi connectivity index (χ3v) is 6.91. The molecule has 0 bridgehead atoms. The molecular weight excluding hydrogens is 482 g/mol. The fourth-order valence-electron chi connectivity index (χ4n) is 4.92. The van der Waals surface area contributed by atoms with Gasteiger partial charge in [0.2, 0.25) is 5.95 Å². The quantitative estimate of drug-likeness (QED) is 0.298. The third kappa shape index (κ3) is 4.52. The number of nitrogens with one attached hydrogen (secondary N) is 3. The van der Waals surface area contributed by atoms with Crippen LogP contribution in [0.1, 0.15) is 25.5 Å². The van der Waals surface area contributed by atoms with Crippen LogP contribution in [-0.2, 0) is 6.54 Å². The van der Waals surface area contributed by atoms with E-state index in [0.717, 1.165) is 41.2 Å². The number of hydrogen-bond acceptors (Lipinski definition) is 9. The zero-order chi connectivity index (χ0) is 26.1. The molecule has 5 aromatic rings. The molecule has 1 unspecified atom stereocenters. The van der Waals surface area contributed by atoms with Crippen LogP contribution in [-0.4, -0.2) is 48.4 Å². The maximum Gasteiger partial charge on any atom is 0.261 e. The average Bonchev–Trinajstić information content (AvgIpc) is 3.60. The molecule has 5 heterocycles. The van der Waals surface area contributed by atoms with Crippen molar-refractivity contribution in [1.82, 2.24) is 34.6 Å². The Morgan fingerprint density at radius 1 is 1.16 bits per heavy atom. The molecule has 0 spiro atoms. The number of fused-ring (bicyclic) bond motifs is 1. The number of aryl methyl sites for hydroxylation is 1.